The van der Waals surface area contributed by atoms with Gasteiger partial charge in [0.25, 0.3) is 0 Å². The fourth-order valence-corrected chi connectivity index (χ4v) is 6.47. The number of rotatable bonds is 7. The Balaban J connectivity index is 1.34. The number of carbonyl (C=O) groups is 1. The highest BCUT2D eigenvalue weighted by molar-refractivity contribution is 7.89. The van der Waals surface area contributed by atoms with Crippen LogP contribution in [0.4, 0.5) is 5.82 Å². The summed E-state index contributed by atoms with van der Waals surface area (Å²) in [7, 11) is -3.70. The van der Waals surface area contributed by atoms with E-state index in [-0.39, 0.29) is 35.6 Å². The summed E-state index contributed by atoms with van der Waals surface area (Å²) < 4.78 is 38.5. The van der Waals surface area contributed by atoms with Crippen molar-refractivity contribution in [3.8, 4) is 5.75 Å². The molecule has 33 heavy (non-hydrogen) atoms. The van der Waals surface area contributed by atoms with Gasteiger partial charge in [0.1, 0.15) is 10.6 Å². The van der Waals surface area contributed by atoms with Gasteiger partial charge in [-0.1, -0.05) is 24.4 Å². The van der Waals surface area contributed by atoms with Gasteiger partial charge in [-0.05, 0) is 57.6 Å². The molecule has 1 aliphatic carbocycles. The molecule has 2 aromatic heterocycles. The van der Waals surface area contributed by atoms with Gasteiger partial charge in [0, 0.05) is 25.2 Å². The van der Waals surface area contributed by atoms with Crippen molar-refractivity contribution in [2.24, 2.45) is 11.8 Å². The van der Waals surface area contributed by atoms with Crippen LogP contribution in [0.2, 0.25) is 0 Å². The SMILES string of the molecule is Cc1noc(C)c1S(=O)(=O)N1CCC(C(=O)Nc2ncccc2OCC2CCCCC2)CC1. The molecule has 0 atom stereocenters. The molecule has 1 saturated carbocycles. The van der Waals surface area contributed by atoms with Gasteiger partial charge in [0.15, 0.2) is 17.3 Å². The van der Waals surface area contributed by atoms with E-state index in [9.17, 15) is 13.2 Å². The summed E-state index contributed by atoms with van der Waals surface area (Å²) in [6.45, 7) is 4.36. The van der Waals surface area contributed by atoms with Crippen LogP contribution in [-0.2, 0) is 14.8 Å². The molecule has 2 aliphatic rings. The average molecular weight is 477 g/mol. The molecule has 0 bridgehead atoms. The number of nitrogens with zero attached hydrogens (tertiary/aromatic N) is 3. The van der Waals surface area contributed by atoms with Crippen molar-refractivity contribution in [3.63, 3.8) is 0 Å². The summed E-state index contributed by atoms with van der Waals surface area (Å²) in [6.07, 6.45) is 8.63. The highest BCUT2D eigenvalue weighted by atomic mass is 32.2. The van der Waals surface area contributed by atoms with Crippen LogP contribution < -0.4 is 10.1 Å². The minimum absolute atomic E-state index is 0.124. The predicted molar refractivity (Wildman–Crippen MR) is 122 cm³/mol. The van der Waals surface area contributed by atoms with Crippen molar-refractivity contribution in [1.82, 2.24) is 14.4 Å². The second-order valence-electron chi connectivity index (χ2n) is 8.99. The fourth-order valence-electron chi connectivity index (χ4n) is 4.71. The molecule has 1 saturated heterocycles. The highest BCUT2D eigenvalue weighted by Gasteiger charge is 2.35. The van der Waals surface area contributed by atoms with Crippen LogP contribution in [0.25, 0.3) is 0 Å². The Bertz CT molecular complexity index is 1050. The molecule has 2 aromatic rings. The third-order valence-corrected chi connectivity index (χ3v) is 8.75. The lowest BCUT2D eigenvalue weighted by Crippen LogP contribution is -2.41. The van der Waals surface area contributed by atoms with Crippen molar-refractivity contribution in [2.45, 2.75) is 63.7 Å². The number of nitrogens with one attached hydrogen (secondary N) is 1. The number of hydrogen-bond donors (Lipinski definition) is 1. The van der Waals surface area contributed by atoms with Gasteiger partial charge in [0.2, 0.25) is 15.9 Å². The van der Waals surface area contributed by atoms with Crippen molar-refractivity contribution in [3.05, 3.63) is 29.8 Å². The van der Waals surface area contributed by atoms with Gasteiger partial charge in [-0.25, -0.2) is 13.4 Å². The Morgan fingerprint density at radius 2 is 1.91 bits per heavy atom. The lowest BCUT2D eigenvalue weighted by Gasteiger charge is -2.30. The number of amides is 1. The molecule has 4 rings (SSSR count). The number of pyridine rings is 1. The molecule has 0 unspecified atom stereocenters. The van der Waals surface area contributed by atoms with Crippen molar-refractivity contribution < 1.29 is 22.5 Å². The van der Waals surface area contributed by atoms with Crippen LogP contribution in [0.5, 0.6) is 5.75 Å². The number of hydrogen-bond acceptors (Lipinski definition) is 7. The lowest BCUT2D eigenvalue weighted by molar-refractivity contribution is -0.121. The normalized spacial score (nSPS) is 18.8. The molecule has 3 heterocycles. The van der Waals surface area contributed by atoms with E-state index in [1.54, 1.807) is 26.1 Å². The van der Waals surface area contributed by atoms with Crippen LogP contribution in [0.3, 0.4) is 0 Å². The quantitative estimate of drug-likeness (QED) is 0.648. The number of aromatic nitrogens is 2. The van der Waals surface area contributed by atoms with Gasteiger partial charge >= 0.3 is 0 Å². The maximum absolute atomic E-state index is 13.0. The number of sulfonamides is 1. The van der Waals surface area contributed by atoms with Crippen LogP contribution in [0.15, 0.2) is 27.7 Å². The second kappa shape index (κ2) is 10.2. The van der Waals surface area contributed by atoms with Crippen LogP contribution in [0, 0.1) is 25.7 Å². The first-order valence-corrected chi connectivity index (χ1v) is 13.1. The Labute approximate surface area is 194 Å². The zero-order valence-electron chi connectivity index (χ0n) is 19.2. The molecule has 1 amide bonds. The van der Waals surface area contributed by atoms with E-state index < -0.39 is 10.0 Å². The predicted octanol–water partition coefficient (Wildman–Crippen LogP) is 3.68. The van der Waals surface area contributed by atoms with Crippen LogP contribution in [0.1, 0.15) is 56.4 Å². The fraction of sp³-hybridized carbons (Fsp3) is 0.609. The first-order valence-electron chi connectivity index (χ1n) is 11.7. The number of piperidine rings is 1. The zero-order chi connectivity index (χ0) is 23.4. The largest absolute Gasteiger partial charge is 0.489 e. The van der Waals surface area contributed by atoms with E-state index >= 15 is 0 Å². The number of aryl methyl sites for hydroxylation is 2. The summed E-state index contributed by atoms with van der Waals surface area (Å²) in [6, 6.07) is 3.62. The van der Waals surface area contributed by atoms with Gasteiger partial charge in [-0.2, -0.15) is 4.31 Å². The Morgan fingerprint density at radius 1 is 1.18 bits per heavy atom. The summed E-state index contributed by atoms with van der Waals surface area (Å²) in [4.78, 5) is 17.3. The Morgan fingerprint density at radius 3 is 2.58 bits per heavy atom. The van der Waals surface area contributed by atoms with E-state index in [0.29, 0.717) is 42.6 Å². The van der Waals surface area contributed by atoms with Crippen LogP contribution >= 0.6 is 0 Å². The highest BCUT2D eigenvalue weighted by Crippen LogP contribution is 2.30. The molecule has 2 fully saturated rings. The van der Waals surface area contributed by atoms with E-state index in [1.165, 1.54) is 36.4 Å². The smallest absolute Gasteiger partial charge is 0.248 e. The number of anilines is 1. The monoisotopic (exact) mass is 476 g/mol. The summed E-state index contributed by atoms with van der Waals surface area (Å²) in [5, 5.41) is 6.66. The van der Waals surface area contributed by atoms with Crippen LogP contribution in [-0.4, -0.2) is 48.5 Å². The summed E-state index contributed by atoms with van der Waals surface area (Å²) in [5.41, 5.74) is 0.350. The Kier molecular flexibility index (Phi) is 7.33. The maximum Gasteiger partial charge on any atom is 0.248 e. The third kappa shape index (κ3) is 5.38. The van der Waals surface area contributed by atoms with E-state index in [2.05, 4.69) is 15.5 Å². The lowest BCUT2D eigenvalue weighted by atomic mass is 9.90. The van der Waals surface area contributed by atoms with Gasteiger partial charge in [-0.15, -0.1) is 0 Å². The second-order valence-corrected chi connectivity index (χ2v) is 10.9. The Hall–Kier alpha value is -2.46. The molecular formula is C23H32N4O5S. The molecule has 9 nitrogen and oxygen atoms in total. The topological polar surface area (TPSA) is 115 Å². The van der Waals surface area contributed by atoms with E-state index in [4.69, 9.17) is 9.26 Å². The molecule has 1 aliphatic heterocycles. The summed E-state index contributed by atoms with van der Waals surface area (Å²) in [5.74, 6) is 1.37. The standard InChI is InChI=1S/C23H32N4O5S/c1-16-21(17(2)32-26-16)33(29,30)27-13-10-19(11-14-27)23(28)25-22-20(9-6-12-24-22)31-15-18-7-4-3-5-8-18/h6,9,12,18-19H,3-5,7-8,10-11,13-15H2,1-2H3,(H,24,25,28). The molecule has 0 spiro atoms. The summed E-state index contributed by atoms with van der Waals surface area (Å²) >= 11 is 0. The minimum Gasteiger partial charge on any atom is -0.489 e. The first kappa shape index (κ1) is 23.7. The zero-order valence-corrected chi connectivity index (χ0v) is 20.1. The van der Waals surface area contributed by atoms with Crippen molar-refractivity contribution in [2.75, 3.05) is 25.0 Å². The van der Waals surface area contributed by atoms with Gasteiger partial charge in [-0.3, -0.25) is 4.79 Å². The maximum atomic E-state index is 13.0. The van der Waals surface area contributed by atoms with Gasteiger partial charge in [0.05, 0.1) is 6.61 Å². The number of carbonyl (C=O) groups excluding carboxylic acids is 1. The van der Waals surface area contributed by atoms with Crippen molar-refractivity contribution in [1.29, 1.82) is 0 Å². The number of ether oxygens (including phenoxy) is 1. The molecular weight excluding hydrogens is 444 g/mol. The molecule has 0 aromatic carbocycles. The van der Waals surface area contributed by atoms with Crippen molar-refractivity contribution >= 4 is 21.7 Å². The first-order chi connectivity index (χ1) is 15.9. The third-order valence-electron chi connectivity index (χ3n) is 6.60. The average Bonchev–Trinajstić information content (AvgIpc) is 3.17. The molecule has 1 N–H and O–H groups in total. The molecule has 180 valence electrons. The minimum atomic E-state index is -3.70. The molecule has 10 heteroatoms. The molecule has 0 radical (unpaired) electrons. The van der Waals surface area contributed by atoms with Gasteiger partial charge < -0.3 is 14.6 Å². The van der Waals surface area contributed by atoms with E-state index in [1.807, 2.05) is 6.07 Å². The van der Waals surface area contributed by atoms with E-state index in [0.717, 1.165) is 0 Å².